The lowest BCUT2D eigenvalue weighted by molar-refractivity contribution is -0.265. The molecule has 18 heavy (non-hydrogen) atoms. The number of rotatable bonds is 5. The molecule has 5 nitrogen and oxygen atoms in total. The molecule has 1 N–H and O–H groups in total. The normalized spacial score (nSPS) is 31.4. The Morgan fingerprint density at radius 3 is 2.11 bits per heavy atom. The molecule has 0 amide bonds. The van der Waals surface area contributed by atoms with Gasteiger partial charge in [-0.1, -0.05) is 13.0 Å². The molecule has 0 aromatic heterocycles. The molecule has 1 heterocycles. The van der Waals surface area contributed by atoms with E-state index in [-0.39, 0.29) is 31.2 Å². The van der Waals surface area contributed by atoms with Crippen molar-refractivity contribution in [2.45, 2.75) is 44.4 Å². The fraction of sp³-hybridized carbons (Fsp3) is 0.846. The quantitative estimate of drug-likeness (QED) is 0.758. The molecular formula is C13H26O5. The van der Waals surface area contributed by atoms with Gasteiger partial charge in [0.15, 0.2) is 6.29 Å². The number of hydrogen-bond donors (Lipinski definition) is 1. The van der Waals surface area contributed by atoms with E-state index in [1.165, 1.54) is 6.08 Å². The van der Waals surface area contributed by atoms with Gasteiger partial charge in [-0.3, -0.25) is 0 Å². The Labute approximate surface area is 110 Å². The summed E-state index contributed by atoms with van der Waals surface area (Å²) in [4.78, 5) is 0. The van der Waals surface area contributed by atoms with Crippen LogP contribution in [0.4, 0.5) is 0 Å². The van der Waals surface area contributed by atoms with Crippen molar-refractivity contribution in [2.75, 3.05) is 27.9 Å². The van der Waals surface area contributed by atoms with E-state index in [4.69, 9.17) is 24.1 Å². The molecule has 1 aliphatic heterocycles. The van der Waals surface area contributed by atoms with Crippen LogP contribution in [0.5, 0.6) is 0 Å². The molecule has 0 aliphatic carbocycles. The van der Waals surface area contributed by atoms with Gasteiger partial charge in [0.05, 0.1) is 18.8 Å². The van der Waals surface area contributed by atoms with Crippen LogP contribution in [0.2, 0.25) is 0 Å². The molecule has 1 fully saturated rings. The van der Waals surface area contributed by atoms with Gasteiger partial charge in [-0.25, -0.2) is 0 Å². The van der Waals surface area contributed by atoms with Gasteiger partial charge >= 0.3 is 0 Å². The van der Waals surface area contributed by atoms with E-state index in [2.05, 4.69) is 13.5 Å². The maximum Gasteiger partial charge on any atom is 0.183 e. The summed E-state index contributed by atoms with van der Waals surface area (Å²) in [6, 6.07) is 0. The third-order valence-electron chi connectivity index (χ3n) is 2.86. The number of methoxy groups -OCH3 is 3. The average Bonchev–Trinajstić information content (AvgIpc) is 2.45. The van der Waals surface area contributed by atoms with Gasteiger partial charge in [0, 0.05) is 27.8 Å². The highest BCUT2D eigenvalue weighted by atomic mass is 16.7. The van der Waals surface area contributed by atoms with Gasteiger partial charge in [0.25, 0.3) is 0 Å². The number of aliphatic hydroxyl groups is 1. The maximum atomic E-state index is 7.76. The average molecular weight is 262 g/mol. The van der Waals surface area contributed by atoms with Crippen molar-refractivity contribution in [3.63, 3.8) is 0 Å². The summed E-state index contributed by atoms with van der Waals surface area (Å²) in [5, 5.41) is 7.76. The monoisotopic (exact) mass is 262 g/mol. The van der Waals surface area contributed by atoms with Crippen LogP contribution in [0.25, 0.3) is 0 Å². The minimum atomic E-state index is -0.267. The van der Waals surface area contributed by atoms with Gasteiger partial charge < -0.3 is 24.1 Å². The standard InChI is InChI=1S/C10H20O4.C3H6O/c1-5-7-8(11-2)6-9(12-3)10(13-4)14-7;1-2-3-4/h7-10H,5-6H2,1-4H3;2,4H,1,3H2/t7-,8?,9+,10?;/m0./s1. The Kier molecular flexibility index (Phi) is 10.2. The van der Waals surface area contributed by atoms with Gasteiger partial charge in [0.2, 0.25) is 0 Å². The largest absolute Gasteiger partial charge is 0.392 e. The summed E-state index contributed by atoms with van der Waals surface area (Å²) in [6.45, 7) is 5.39. The predicted octanol–water partition coefficient (Wildman–Crippen LogP) is 1.35. The van der Waals surface area contributed by atoms with Crippen LogP contribution in [0.3, 0.4) is 0 Å². The van der Waals surface area contributed by atoms with Crippen LogP contribution in [0, 0.1) is 0 Å². The molecule has 1 saturated heterocycles. The second-order valence-corrected chi connectivity index (χ2v) is 3.94. The lowest BCUT2D eigenvalue weighted by atomic mass is 10.0. The summed E-state index contributed by atoms with van der Waals surface area (Å²) >= 11 is 0. The Hall–Kier alpha value is -0.460. The van der Waals surface area contributed by atoms with Crippen LogP contribution in [0.1, 0.15) is 19.8 Å². The molecule has 2 unspecified atom stereocenters. The Morgan fingerprint density at radius 2 is 1.78 bits per heavy atom. The fourth-order valence-corrected chi connectivity index (χ4v) is 1.86. The Balaban J connectivity index is 0.000000631. The zero-order valence-electron chi connectivity index (χ0n) is 11.8. The van der Waals surface area contributed by atoms with Gasteiger partial charge in [-0.05, 0) is 6.42 Å². The minimum Gasteiger partial charge on any atom is -0.392 e. The zero-order valence-corrected chi connectivity index (χ0v) is 11.8. The molecular weight excluding hydrogens is 236 g/mol. The highest BCUT2D eigenvalue weighted by molar-refractivity contribution is 4.82. The molecule has 0 aromatic carbocycles. The molecule has 5 heteroatoms. The van der Waals surface area contributed by atoms with E-state index in [0.717, 1.165) is 12.8 Å². The summed E-state index contributed by atoms with van der Waals surface area (Å²) in [6.07, 6.45) is 3.09. The highest BCUT2D eigenvalue weighted by Gasteiger charge is 2.37. The smallest absolute Gasteiger partial charge is 0.183 e. The lowest BCUT2D eigenvalue weighted by Crippen LogP contribution is -2.49. The number of ether oxygens (including phenoxy) is 4. The minimum absolute atomic E-state index is 0.0345. The van der Waals surface area contributed by atoms with E-state index >= 15 is 0 Å². The highest BCUT2D eigenvalue weighted by Crippen LogP contribution is 2.26. The topological polar surface area (TPSA) is 57.2 Å². The molecule has 0 aromatic rings. The predicted molar refractivity (Wildman–Crippen MR) is 69.5 cm³/mol. The molecule has 0 radical (unpaired) electrons. The molecule has 108 valence electrons. The fourth-order valence-electron chi connectivity index (χ4n) is 1.86. The summed E-state index contributed by atoms with van der Waals surface area (Å²) in [7, 11) is 5.01. The summed E-state index contributed by atoms with van der Waals surface area (Å²) in [5.74, 6) is 0. The van der Waals surface area contributed by atoms with Gasteiger partial charge in [0.1, 0.15) is 6.10 Å². The van der Waals surface area contributed by atoms with Crippen molar-refractivity contribution in [1.29, 1.82) is 0 Å². The van der Waals surface area contributed by atoms with Crippen molar-refractivity contribution in [3.8, 4) is 0 Å². The zero-order chi connectivity index (χ0) is 14.0. The molecule has 1 aliphatic rings. The van der Waals surface area contributed by atoms with Crippen molar-refractivity contribution < 1.29 is 24.1 Å². The molecule has 4 atom stereocenters. The SMILES string of the molecule is C=CCO.CC[C@@H]1OC(OC)[C@H](OC)CC1OC. The van der Waals surface area contributed by atoms with Crippen LogP contribution in [-0.2, 0) is 18.9 Å². The first-order valence-corrected chi connectivity index (χ1v) is 6.13. The van der Waals surface area contributed by atoms with Gasteiger partial charge in [-0.2, -0.15) is 0 Å². The number of hydrogen-bond acceptors (Lipinski definition) is 5. The first kappa shape index (κ1) is 17.5. The van der Waals surface area contributed by atoms with Crippen LogP contribution >= 0.6 is 0 Å². The van der Waals surface area contributed by atoms with Crippen molar-refractivity contribution in [3.05, 3.63) is 12.7 Å². The van der Waals surface area contributed by atoms with Crippen LogP contribution < -0.4 is 0 Å². The van der Waals surface area contributed by atoms with Crippen LogP contribution in [0.15, 0.2) is 12.7 Å². The van der Waals surface area contributed by atoms with Crippen molar-refractivity contribution in [2.24, 2.45) is 0 Å². The number of aliphatic hydroxyl groups excluding tert-OH is 1. The molecule has 0 spiro atoms. The summed E-state index contributed by atoms with van der Waals surface area (Å²) < 4.78 is 21.6. The van der Waals surface area contributed by atoms with E-state index < -0.39 is 0 Å². The second-order valence-electron chi connectivity index (χ2n) is 3.94. The van der Waals surface area contributed by atoms with Crippen molar-refractivity contribution in [1.82, 2.24) is 0 Å². The third kappa shape index (κ3) is 5.46. The van der Waals surface area contributed by atoms with E-state index in [1.54, 1.807) is 21.3 Å². The molecule has 0 bridgehead atoms. The van der Waals surface area contributed by atoms with E-state index in [0.29, 0.717) is 0 Å². The van der Waals surface area contributed by atoms with E-state index in [9.17, 15) is 0 Å². The van der Waals surface area contributed by atoms with Crippen LogP contribution in [-0.4, -0.2) is 57.6 Å². The molecule has 0 saturated carbocycles. The Bertz CT molecular complexity index is 176. The lowest BCUT2D eigenvalue weighted by Gasteiger charge is -2.39. The first-order valence-electron chi connectivity index (χ1n) is 6.13. The second kappa shape index (κ2) is 10.5. The first-order chi connectivity index (χ1) is 8.68. The summed E-state index contributed by atoms with van der Waals surface area (Å²) in [5.41, 5.74) is 0. The maximum absolute atomic E-state index is 7.76. The molecule has 1 rings (SSSR count). The van der Waals surface area contributed by atoms with E-state index in [1.807, 2.05) is 0 Å². The third-order valence-corrected chi connectivity index (χ3v) is 2.86. The Morgan fingerprint density at radius 1 is 1.22 bits per heavy atom. The van der Waals surface area contributed by atoms with Crippen molar-refractivity contribution >= 4 is 0 Å². The van der Waals surface area contributed by atoms with Gasteiger partial charge in [-0.15, -0.1) is 6.58 Å².